The Balaban J connectivity index is 2.13. The molecule has 1 aromatic heterocycles. The van der Waals surface area contributed by atoms with Gasteiger partial charge in [0.1, 0.15) is 11.6 Å². The number of hydrogen-bond acceptors (Lipinski definition) is 6. The quantitative estimate of drug-likeness (QED) is 0.291. The van der Waals surface area contributed by atoms with Gasteiger partial charge in [-0.05, 0) is 23.2 Å². The van der Waals surface area contributed by atoms with Gasteiger partial charge in [-0.1, -0.05) is 36.0 Å². The zero-order chi connectivity index (χ0) is 14.5. The summed E-state index contributed by atoms with van der Waals surface area (Å²) in [5, 5.41) is 11.4. The average Bonchev–Trinajstić information content (AvgIpc) is 2.93. The van der Waals surface area contributed by atoms with Crippen LogP contribution >= 0.6 is 23.3 Å². The molecule has 0 aliphatic carbocycles. The summed E-state index contributed by atoms with van der Waals surface area (Å²) in [7, 11) is 0. The number of nitrogens with zero attached hydrogens (tertiary/aromatic N) is 3. The molecule has 0 aliphatic heterocycles. The van der Waals surface area contributed by atoms with E-state index in [2.05, 4.69) is 14.5 Å². The molecule has 1 aromatic carbocycles. The lowest BCUT2D eigenvalue weighted by molar-refractivity contribution is 0.318. The molecule has 0 atom stereocenters. The number of amidine groups is 1. The van der Waals surface area contributed by atoms with E-state index in [1.54, 1.807) is 12.1 Å². The molecule has 3 N–H and O–H groups in total. The van der Waals surface area contributed by atoms with Crippen molar-refractivity contribution in [2.45, 2.75) is 23.4 Å². The number of oxime groups is 1. The van der Waals surface area contributed by atoms with Gasteiger partial charge >= 0.3 is 0 Å². The van der Waals surface area contributed by atoms with Crippen molar-refractivity contribution in [3.8, 4) is 0 Å². The second-order valence-corrected chi connectivity index (χ2v) is 5.86. The highest BCUT2D eigenvalue weighted by atomic mass is 32.2. The molecule has 20 heavy (non-hydrogen) atoms. The molecule has 0 amide bonds. The van der Waals surface area contributed by atoms with Crippen molar-refractivity contribution in [3.63, 3.8) is 0 Å². The van der Waals surface area contributed by atoms with Gasteiger partial charge in [0.05, 0.1) is 5.56 Å². The third-order valence-electron chi connectivity index (χ3n) is 2.58. The van der Waals surface area contributed by atoms with E-state index >= 15 is 0 Å². The molecule has 0 aliphatic rings. The number of nitrogens with two attached hydrogens (primary N) is 1. The van der Waals surface area contributed by atoms with Crippen LogP contribution in [0.3, 0.4) is 0 Å². The van der Waals surface area contributed by atoms with Gasteiger partial charge in [-0.25, -0.2) is 9.37 Å². The van der Waals surface area contributed by atoms with E-state index in [1.807, 2.05) is 6.92 Å². The molecule has 0 saturated carbocycles. The van der Waals surface area contributed by atoms with E-state index in [9.17, 15) is 4.39 Å². The Labute approximate surface area is 123 Å². The molecule has 0 spiro atoms. The minimum atomic E-state index is -0.476. The van der Waals surface area contributed by atoms with Crippen molar-refractivity contribution in [3.05, 3.63) is 41.0 Å². The lowest BCUT2D eigenvalue weighted by Gasteiger charge is -2.06. The smallest absolute Gasteiger partial charge is 0.173 e. The van der Waals surface area contributed by atoms with Gasteiger partial charge in [0.25, 0.3) is 0 Å². The number of hydrogen-bond donors (Lipinski definition) is 2. The van der Waals surface area contributed by atoms with Gasteiger partial charge < -0.3 is 10.9 Å². The first-order chi connectivity index (χ1) is 9.65. The summed E-state index contributed by atoms with van der Waals surface area (Å²) < 4.78 is 19.1. The second kappa shape index (κ2) is 6.67. The molecular formula is C12H13FN4OS2. The van der Waals surface area contributed by atoms with Crippen LogP contribution in [0.2, 0.25) is 0 Å². The first-order valence-corrected chi connectivity index (χ1v) is 7.62. The predicted octanol–water partition coefficient (Wildman–Crippen LogP) is 2.63. The predicted molar refractivity (Wildman–Crippen MR) is 77.8 cm³/mol. The summed E-state index contributed by atoms with van der Waals surface area (Å²) in [6, 6.07) is 4.81. The van der Waals surface area contributed by atoms with Crippen molar-refractivity contribution < 1.29 is 9.60 Å². The summed E-state index contributed by atoms with van der Waals surface area (Å²) >= 11 is 2.72. The number of thioether (sulfide) groups is 1. The third-order valence-corrected chi connectivity index (χ3v) is 4.50. The Kier molecular flexibility index (Phi) is 4.91. The highest BCUT2D eigenvalue weighted by molar-refractivity contribution is 8.00. The van der Waals surface area contributed by atoms with E-state index in [4.69, 9.17) is 10.9 Å². The zero-order valence-electron chi connectivity index (χ0n) is 10.7. The normalized spacial score (nSPS) is 11.8. The molecule has 0 bridgehead atoms. The fraction of sp³-hybridized carbons (Fsp3) is 0.250. The SMILES string of the molecule is CCc1nsc(SCc2cccc(/C(N)=N/O)c2F)n1. The van der Waals surface area contributed by atoms with Crippen LogP contribution in [0.1, 0.15) is 23.9 Å². The minimum Gasteiger partial charge on any atom is -0.409 e. The molecular weight excluding hydrogens is 299 g/mol. The number of aryl methyl sites for hydroxylation is 1. The van der Waals surface area contributed by atoms with Gasteiger partial charge in [0.15, 0.2) is 10.2 Å². The first kappa shape index (κ1) is 14.7. The van der Waals surface area contributed by atoms with Crippen molar-refractivity contribution in [2.75, 3.05) is 0 Å². The second-order valence-electron chi connectivity index (χ2n) is 3.88. The molecule has 106 valence electrons. The molecule has 0 saturated heterocycles. The van der Waals surface area contributed by atoms with Crippen LogP contribution in [0.25, 0.3) is 0 Å². The first-order valence-electron chi connectivity index (χ1n) is 5.86. The van der Waals surface area contributed by atoms with Crippen molar-refractivity contribution in [1.82, 2.24) is 9.36 Å². The van der Waals surface area contributed by atoms with E-state index in [0.717, 1.165) is 16.6 Å². The summed E-state index contributed by atoms with van der Waals surface area (Å²) in [6.07, 6.45) is 0.782. The summed E-state index contributed by atoms with van der Waals surface area (Å²) in [6.45, 7) is 1.98. The molecule has 0 radical (unpaired) electrons. The highest BCUT2D eigenvalue weighted by Gasteiger charge is 2.12. The Morgan fingerprint density at radius 2 is 2.35 bits per heavy atom. The number of rotatable bonds is 5. The third kappa shape index (κ3) is 3.26. The van der Waals surface area contributed by atoms with Crippen LogP contribution in [-0.2, 0) is 12.2 Å². The maximum atomic E-state index is 14.2. The largest absolute Gasteiger partial charge is 0.409 e. The lowest BCUT2D eigenvalue weighted by atomic mass is 10.1. The number of benzene rings is 1. The van der Waals surface area contributed by atoms with E-state index in [1.165, 1.54) is 29.4 Å². The van der Waals surface area contributed by atoms with Crippen LogP contribution in [0.5, 0.6) is 0 Å². The Hall–Kier alpha value is -1.67. The Morgan fingerprint density at radius 3 is 3.00 bits per heavy atom. The molecule has 1 heterocycles. The minimum absolute atomic E-state index is 0.0945. The van der Waals surface area contributed by atoms with Crippen molar-refractivity contribution in [1.29, 1.82) is 0 Å². The topological polar surface area (TPSA) is 84.4 Å². The van der Waals surface area contributed by atoms with Crippen LogP contribution < -0.4 is 5.73 Å². The average molecular weight is 312 g/mol. The van der Waals surface area contributed by atoms with E-state index in [-0.39, 0.29) is 11.4 Å². The molecule has 0 unspecified atom stereocenters. The fourth-order valence-corrected chi connectivity index (χ4v) is 3.19. The van der Waals surface area contributed by atoms with Crippen LogP contribution in [-0.4, -0.2) is 20.4 Å². The monoisotopic (exact) mass is 312 g/mol. The van der Waals surface area contributed by atoms with Crippen molar-refractivity contribution >= 4 is 29.1 Å². The Bertz CT molecular complexity index is 630. The van der Waals surface area contributed by atoms with Gasteiger partial charge in [0.2, 0.25) is 0 Å². The van der Waals surface area contributed by atoms with Gasteiger partial charge in [-0.15, -0.1) is 0 Å². The highest BCUT2D eigenvalue weighted by Crippen LogP contribution is 2.26. The zero-order valence-corrected chi connectivity index (χ0v) is 12.3. The van der Waals surface area contributed by atoms with Crippen LogP contribution in [0.4, 0.5) is 4.39 Å². The number of aromatic nitrogens is 2. The number of halogens is 1. The molecule has 0 fully saturated rings. The summed E-state index contributed by atoms with van der Waals surface area (Å²) in [5.74, 6) is 0.494. The molecule has 2 rings (SSSR count). The van der Waals surface area contributed by atoms with Gasteiger partial charge in [-0.3, -0.25) is 0 Å². The molecule has 5 nitrogen and oxygen atoms in total. The molecule has 8 heteroatoms. The van der Waals surface area contributed by atoms with Crippen LogP contribution in [0.15, 0.2) is 27.7 Å². The molecule has 2 aromatic rings. The fourth-order valence-electron chi connectivity index (χ4n) is 1.52. The van der Waals surface area contributed by atoms with Gasteiger partial charge in [-0.2, -0.15) is 4.37 Å². The maximum Gasteiger partial charge on any atom is 0.173 e. The van der Waals surface area contributed by atoms with E-state index in [0.29, 0.717) is 11.3 Å². The van der Waals surface area contributed by atoms with E-state index < -0.39 is 5.82 Å². The summed E-state index contributed by atoms with van der Waals surface area (Å²) in [4.78, 5) is 4.31. The van der Waals surface area contributed by atoms with Gasteiger partial charge in [0, 0.05) is 12.2 Å². The van der Waals surface area contributed by atoms with Crippen molar-refractivity contribution in [2.24, 2.45) is 10.9 Å². The Morgan fingerprint density at radius 1 is 1.55 bits per heavy atom. The standard InChI is InChI=1S/C12H13FN4OS2/c1-2-9-15-12(20-17-9)19-6-7-4-3-5-8(10(7)13)11(14)16-18/h3-5,18H,2,6H2,1H3,(H2,14,16). The summed E-state index contributed by atoms with van der Waals surface area (Å²) in [5.41, 5.74) is 6.00. The van der Waals surface area contributed by atoms with Crippen LogP contribution in [0, 0.1) is 5.82 Å². The maximum absolute atomic E-state index is 14.2. The lowest BCUT2D eigenvalue weighted by Crippen LogP contribution is -2.15.